The van der Waals surface area contributed by atoms with Crippen molar-refractivity contribution in [3.8, 4) is 0 Å². The molecular weight excluding hydrogens is 300 g/mol. The molecule has 1 N–H and O–H groups in total. The third-order valence-corrected chi connectivity index (χ3v) is 3.98. The zero-order chi connectivity index (χ0) is 16.4. The Balaban J connectivity index is 1.53. The van der Waals surface area contributed by atoms with E-state index in [2.05, 4.69) is 5.32 Å². The molecule has 0 spiro atoms. The van der Waals surface area contributed by atoms with E-state index in [9.17, 15) is 14.4 Å². The number of ether oxygens (including phenoxy) is 2. The van der Waals surface area contributed by atoms with Gasteiger partial charge in [0.1, 0.15) is 6.54 Å². The predicted molar refractivity (Wildman–Crippen MR) is 79.7 cm³/mol. The number of rotatable bonds is 5. The monoisotopic (exact) mass is 318 g/mol. The molecule has 1 aromatic carbocycles. The van der Waals surface area contributed by atoms with Crippen molar-refractivity contribution in [1.82, 2.24) is 10.2 Å². The minimum Gasteiger partial charge on any atom is -0.354 e. The van der Waals surface area contributed by atoms with Crippen LogP contribution < -0.4 is 5.32 Å². The third kappa shape index (κ3) is 3.11. The van der Waals surface area contributed by atoms with Crippen molar-refractivity contribution < 1.29 is 23.9 Å². The summed E-state index contributed by atoms with van der Waals surface area (Å²) >= 11 is 0. The van der Waals surface area contributed by atoms with Gasteiger partial charge in [-0.3, -0.25) is 19.3 Å². The minimum atomic E-state index is -0.678. The summed E-state index contributed by atoms with van der Waals surface area (Å²) in [4.78, 5) is 37.3. The molecule has 0 atom stereocenters. The molecule has 0 aliphatic carbocycles. The highest BCUT2D eigenvalue weighted by Gasteiger charge is 2.36. The average Bonchev–Trinajstić information content (AvgIpc) is 3.06. The molecule has 122 valence electrons. The molecule has 23 heavy (non-hydrogen) atoms. The van der Waals surface area contributed by atoms with Gasteiger partial charge in [0.25, 0.3) is 11.8 Å². The van der Waals surface area contributed by atoms with E-state index in [-0.39, 0.29) is 12.5 Å². The van der Waals surface area contributed by atoms with Crippen LogP contribution in [0.25, 0.3) is 0 Å². The van der Waals surface area contributed by atoms with Crippen molar-refractivity contribution in [2.75, 3.05) is 26.3 Å². The second kappa shape index (κ2) is 6.10. The van der Waals surface area contributed by atoms with Gasteiger partial charge < -0.3 is 14.8 Å². The van der Waals surface area contributed by atoms with E-state index in [1.165, 1.54) is 0 Å². The second-order valence-electron chi connectivity index (χ2n) is 5.67. The van der Waals surface area contributed by atoms with Crippen LogP contribution in [0.5, 0.6) is 0 Å². The fourth-order valence-electron chi connectivity index (χ4n) is 2.71. The van der Waals surface area contributed by atoms with Crippen molar-refractivity contribution >= 4 is 17.7 Å². The van der Waals surface area contributed by atoms with Crippen LogP contribution in [0.15, 0.2) is 24.3 Å². The lowest BCUT2D eigenvalue weighted by atomic mass is 10.1. The third-order valence-electron chi connectivity index (χ3n) is 3.98. The van der Waals surface area contributed by atoms with Gasteiger partial charge in [0.05, 0.1) is 24.3 Å². The largest absolute Gasteiger partial charge is 0.354 e. The number of nitrogens with one attached hydrogen (secondary N) is 1. The SMILES string of the molecule is CC1(CCNC(=O)CN2C(=O)c3ccccc3C2=O)OCCO1. The number of imide groups is 1. The lowest BCUT2D eigenvalue weighted by Gasteiger charge is -2.22. The van der Waals surface area contributed by atoms with Crippen LogP contribution in [-0.4, -0.2) is 54.7 Å². The Bertz CT molecular complexity index is 617. The average molecular weight is 318 g/mol. The zero-order valence-electron chi connectivity index (χ0n) is 12.8. The first-order valence-electron chi connectivity index (χ1n) is 7.50. The summed E-state index contributed by atoms with van der Waals surface area (Å²) in [7, 11) is 0. The van der Waals surface area contributed by atoms with Gasteiger partial charge in [-0.2, -0.15) is 0 Å². The molecular formula is C16H18N2O5. The molecule has 2 aliphatic heterocycles. The molecule has 0 saturated carbocycles. The number of hydrogen-bond acceptors (Lipinski definition) is 5. The Morgan fingerprint density at radius 1 is 1.17 bits per heavy atom. The summed E-state index contributed by atoms with van der Waals surface area (Å²) in [6.45, 7) is 2.96. The van der Waals surface area contributed by atoms with Gasteiger partial charge >= 0.3 is 0 Å². The van der Waals surface area contributed by atoms with Crippen molar-refractivity contribution in [2.24, 2.45) is 0 Å². The lowest BCUT2D eigenvalue weighted by molar-refractivity contribution is -0.146. The predicted octanol–water partition coefficient (Wildman–Crippen LogP) is 0.552. The van der Waals surface area contributed by atoms with Crippen molar-refractivity contribution in [3.05, 3.63) is 35.4 Å². The molecule has 0 radical (unpaired) electrons. The van der Waals surface area contributed by atoms with Crippen LogP contribution >= 0.6 is 0 Å². The Labute approximate surface area is 133 Å². The van der Waals surface area contributed by atoms with Gasteiger partial charge in [0, 0.05) is 13.0 Å². The van der Waals surface area contributed by atoms with E-state index in [0.717, 1.165) is 4.90 Å². The Morgan fingerprint density at radius 2 is 1.74 bits per heavy atom. The van der Waals surface area contributed by atoms with Gasteiger partial charge in [-0.15, -0.1) is 0 Å². The molecule has 3 rings (SSSR count). The normalized spacial score (nSPS) is 19.1. The van der Waals surface area contributed by atoms with Crippen molar-refractivity contribution in [1.29, 1.82) is 0 Å². The molecule has 0 unspecified atom stereocenters. The smallest absolute Gasteiger partial charge is 0.262 e. The van der Waals surface area contributed by atoms with Crippen molar-refractivity contribution in [2.45, 2.75) is 19.1 Å². The van der Waals surface area contributed by atoms with Gasteiger partial charge in [-0.25, -0.2) is 0 Å². The molecule has 1 aromatic rings. The zero-order valence-corrected chi connectivity index (χ0v) is 12.8. The summed E-state index contributed by atoms with van der Waals surface area (Å²) in [5, 5.41) is 2.68. The number of benzene rings is 1. The maximum absolute atomic E-state index is 12.2. The van der Waals surface area contributed by atoms with E-state index in [4.69, 9.17) is 9.47 Å². The lowest BCUT2D eigenvalue weighted by Crippen LogP contribution is -2.42. The van der Waals surface area contributed by atoms with E-state index >= 15 is 0 Å². The van der Waals surface area contributed by atoms with E-state index in [1.54, 1.807) is 24.3 Å². The number of carbonyl (C=O) groups is 3. The van der Waals surface area contributed by atoms with E-state index in [1.807, 2.05) is 6.92 Å². The Morgan fingerprint density at radius 3 is 2.30 bits per heavy atom. The number of carbonyl (C=O) groups excluding carboxylic acids is 3. The Kier molecular flexibility index (Phi) is 4.14. The first-order chi connectivity index (χ1) is 11.0. The van der Waals surface area contributed by atoms with Crippen LogP contribution in [-0.2, 0) is 14.3 Å². The molecule has 3 amide bonds. The van der Waals surface area contributed by atoms with Crippen LogP contribution in [0.4, 0.5) is 0 Å². The van der Waals surface area contributed by atoms with Gasteiger partial charge in [0.15, 0.2) is 5.79 Å². The maximum atomic E-state index is 12.2. The summed E-state index contributed by atoms with van der Waals surface area (Å²) in [5.41, 5.74) is 0.677. The Hall–Kier alpha value is -2.25. The summed E-state index contributed by atoms with van der Waals surface area (Å²) in [6, 6.07) is 6.55. The second-order valence-corrected chi connectivity index (χ2v) is 5.67. The number of fused-ring (bicyclic) bond motifs is 1. The topological polar surface area (TPSA) is 84.9 Å². The minimum absolute atomic E-state index is 0.287. The molecule has 1 fully saturated rings. The number of hydrogen-bond donors (Lipinski definition) is 1. The van der Waals surface area contributed by atoms with E-state index in [0.29, 0.717) is 37.3 Å². The van der Waals surface area contributed by atoms with Gasteiger partial charge in [0.2, 0.25) is 5.91 Å². The molecule has 2 heterocycles. The molecule has 0 bridgehead atoms. The first kappa shape index (κ1) is 15.6. The fourth-order valence-corrected chi connectivity index (χ4v) is 2.71. The van der Waals surface area contributed by atoms with E-state index < -0.39 is 17.6 Å². The quantitative estimate of drug-likeness (QED) is 0.802. The molecule has 7 nitrogen and oxygen atoms in total. The van der Waals surface area contributed by atoms with Crippen LogP contribution in [0, 0.1) is 0 Å². The summed E-state index contributed by atoms with van der Waals surface area (Å²) < 4.78 is 10.9. The molecule has 2 aliphatic rings. The standard InChI is InChI=1S/C16H18N2O5/c1-16(22-8-9-23-16)6-7-17-13(19)10-18-14(20)11-4-2-3-5-12(11)15(18)21/h2-5H,6-10H2,1H3,(H,17,19). The molecule has 7 heteroatoms. The highest BCUT2D eigenvalue weighted by atomic mass is 16.7. The molecule has 1 saturated heterocycles. The first-order valence-corrected chi connectivity index (χ1v) is 7.50. The fraction of sp³-hybridized carbons (Fsp3) is 0.438. The highest BCUT2D eigenvalue weighted by molar-refractivity contribution is 6.22. The van der Waals surface area contributed by atoms with Crippen LogP contribution in [0.2, 0.25) is 0 Å². The van der Waals surface area contributed by atoms with Crippen LogP contribution in [0.3, 0.4) is 0 Å². The van der Waals surface area contributed by atoms with Crippen molar-refractivity contribution in [3.63, 3.8) is 0 Å². The number of nitrogens with zero attached hydrogens (tertiary/aromatic N) is 1. The highest BCUT2D eigenvalue weighted by Crippen LogP contribution is 2.23. The van der Waals surface area contributed by atoms with Crippen LogP contribution in [0.1, 0.15) is 34.1 Å². The number of amides is 3. The summed E-state index contributed by atoms with van der Waals surface area (Å²) in [5.74, 6) is -1.94. The summed E-state index contributed by atoms with van der Waals surface area (Å²) in [6.07, 6.45) is 0.501. The van der Waals surface area contributed by atoms with Gasteiger partial charge in [-0.05, 0) is 19.1 Å². The maximum Gasteiger partial charge on any atom is 0.262 e. The molecule has 0 aromatic heterocycles. The van der Waals surface area contributed by atoms with Gasteiger partial charge in [-0.1, -0.05) is 12.1 Å².